The summed E-state index contributed by atoms with van der Waals surface area (Å²) in [5, 5.41) is 5.55. The summed E-state index contributed by atoms with van der Waals surface area (Å²) in [7, 11) is 0. The highest BCUT2D eigenvalue weighted by Gasteiger charge is 2.14. The summed E-state index contributed by atoms with van der Waals surface area (Å²) in [5.41, 5.74) is 1.14. The topological polar surface area (TPSA) is 85.4 Å². The van der Waals surface area contributed by atoms with Gasteiger partial charge in [0.15, 0.2) is 23.1 Å². The molecular weight excluding hydrogens is 370 g/mol. The van der Waals surface area contributed by atoms with Crippen LogP contribution >= 0.6 is 0 Å². The van der Waals surface area contributed by atoms with Gasteiger partial charge in [0, 0.05) is 24.4 Å². The number of ether oxygens (including phenoxy) is 2. The molecule has 0 unspecified atom stereocenters. The zero-order chi connectivity index (χ0) is 19.5. The van der Waals surface area contributed by atoms with Gasteiger partial charge in [-0.3, -0.25) is 4.79 Å². The summed E-state index contributed by atoms with van der Waals surface area (Å²) in [5.74, 6) is -0.806. The maximum Gasteiger partial charge on any atom is 0.274 e. The average molecular weight is 384 g/mol. The van der Waals surface area contributed by atoms with Gasteiger partial charge in [0.05, 0.1) is 0 Å². The van der Waals surface area contributed by atoms with Crippen LogP contribution in [-0.2, 0) is 6.54 Å². The molecule has 1 amide bonds. The van der Waals surface area contributed by atoms with Crippen LogP contribution in [0.4, 0.5) is 20.3 Å². The van der Waals surface area contributed by atoms with E-state index in [1.54, 1.807) is 0 Å². The fourth-order valence-corrected chi connectivity index (χ4v) is 2.59. The number of anilines is 2. The largest absolute Gasteiger partial charge is 0.454 e. The third kappa shape index (κ3) is 3.83. The van der Waals surface area contributed by atoms with Crippen molar-refractivity contribution in [1.29, 1.82) is 0 Å². The second kappa shape index (κ2) is 7.47. The zero-order valence-electron chi connectivity index (χ0n) is 14.4. The van der Waals surface area contributed by atoms with E-state index in [0.717, 1.165) is 17.7 Å². The number of halogens is 2. The lowest BCUT2D eigenvalue weighted by atomic mass is 10.2. The molecule has 7 nitrogen and oxygen atoms in total. The molecule has 0 atom stereocenters. The van der Waals surface area contributed by atoms with E-state index in [-0.39, 0.29) is 18.2 Å². The Balaban J connectivity index is 1.42. The Bertz CT molecular complexity index is 1050. The number of fused-ring (bicyclic) bond motifs is 1. The van der Waals surface area contributed by atoms with E-state index in [0.29, 0.717) is 23.9 Å². The number of hydrogen-bond acceptors (Lipinski definition) is 6. The molecular formula is C19H14F2N4O3. The van der Waals surface area contributed by atoms with Gasteiger partial charge in [-0.15, -0.1) is 0 Å². The Morgan fingerprint density at radius 1 is 1.00 bits per heavy atom. The van der Waals surface area contributed by atoms with Crippen LogP contribution in [0.5, 0.6) is 11.5 Å². The first-order valence-corrected chi connectivity index (χ1v) is 8.29. The molecule has 0 radical (unpaired) electrons. The lowest BCUT2D eigenvalue weighted by molar-refractivity contribution is 0.102. The first-order valence-electron chi connectivity index (χ1n) is 8.29. The molecule has 0 saturated heterocycles. The van der Waals surface area contributed by atoms with E-state index in [1.165, 1.54) is 18.5 Å². The molecule has 142 valence electrons. The van der Waals surface area contributed by atoms with E-state index >= 15 is 0 Å². The zero-order valence-corrected chi connectivity index (χ0v) is 14.4. The van der Waals surface area contributed by atoms with Crippen molar-refractivity contribution in [2.45, 2.75) is 6.54 Å². The summed E-state index contributed by atoms with van der Waals surface area (Å²) in [6.45, 7) is 0.645. The van der Waals surface area contributed by atoms with Crippen LogP contribution in [0.2, 0.25) is 0 Å². The van der Waals surface area contributed by atoms with Crippen LogP contribution in [0.3, 0.4) is 0 Å². The average Bonchev–Trinajstić information content (AvgIpc) is 3.17. The van der Waals surface area contributed by atoms with Crippen LogP contribution < -0.4 is 20.1 Å². The van der Waals surface area contributed by atoms with Crippen molar-refractivity contribution in [3.05, 3.63) is 71.7 Å². The van der Waals surface area contributed by atoms with Crippen LogP contribution in [0.25, 0.3) is 0 Å². The summed E-state index contributed by atoms with van der Waals surface area (Å²) < 4.78 is 36.8. The smallest absolute Gasteiger partial charge is 0.274 e. The number of aromatic nitrogens is 2. The van der Waals surface area contributed by atoms with Crippen molar-refractivity contribution in [3.63, 3.8) is 0 Å². The van der Waals surface area contributed by atoms with Gasteiger partial charge in [0.2, 0.25) is 6.79 Å². The quantitative estimate of drug-likeness (QED) is 0.702. The molecule has 2 heterocycles. The second-order valence-electron chi connectivity index (χ2n) is 5.91. The number of carbonyl (C=O) groups is 1. The highest BCUT2D eigenvalue weighted by molar-refractivity contribution is 6.03. The monoisotopic (exact) mass is 384 g/mol. The molecule has 1 aliphatic rings. The van der Waals surface area contributed by atoms with E-state index < -0.39 is 17.5 Å². The maximum atomic E-state index is 13.3. The normalized spacial score (nSPS) is 11.9. The fourth-order valence-electron chi connectivity index (χ4n) is 2.59. The number of nitrogens with one attached hydrogen (secondary N) is 2. The minimum atomic E-state index is -1.05. The van der Waals surface area contributed by atoms with Gasteiger partial charge in [-0.1, -0.05) is 6.07 Å². The van der Waals surface area contributed by atoms with E-state index in [4.69, 9.17) is 9.47 Å². The lowest BCUT2D eigenvalue weighted by Crippen LogP contribution is -2.15. The van der Waals surface area contributed by atoms with Gasteiger partial charge >= 0.3 is 0 Å². The highest BCUT2D eigenvalue weighted by Crippen LogP contribution is 2.32. The molecule has 2 N–H and O–H groups in total. The van der Waals surface area contributed by atoms with Gasteiger partial charge in [-0.25, -0.2) is 18.7 Å². The Labute approximate surface area is 158 Å². The number of benzene rings is 2. The summed E-state index contributed by atoms with van der Waals surface area (Å²) in [6.07, 6.45) is 1.24. The first kappa shape index (κ1) is 17.7. The van der Waals surface area contributed by atoms with Gasteiger partial charge in [0.25, 0.3) is 5.91 Å². The molecule has 9 heteroatoms. The van der Waals surface area contributed by atoms with Crippen molar-refractivity contribution in [2.24, 2.45) is 0 Å². The third-order valence-electron chi connectivity index (χ3n) is 3.99. The molecule has 28 heavy (non-hydrogen) atoms. The molecule has 0 spiro atoms. The summed E-state index contributed by atoms with van der Waals surface area (Å²) in [4.78, 5) is 20.3. The van der Waals surface area contributed by atoms with Gasteiger partial charge < -0.3 is 20.1 Å². The minimum absolute atomic E-state index is 0.0768. The van der Waals surface area contributed by atoms with E-state index in [1.807, 2.05) is 18.2 Å². The Morgan fingerprint density at radius 3 is 2.71 bits per heavy atom. The number of hydrogen-bond donors (Lipinski definition) is 2. The highest BCUT2D eigenvalue weighted by atomic mass is 19.2. The van der Waals surface area contributed by atoms with Crippen molar-refractivity contribution >= 4 is 17.4 Å². The number of amides is 1. The fraction of sp³-hybridized carbons (Fsp3) is 0.105. The maximum absolute atomic E-state index is 13.3. The molecule has 0 bridgehead atoms. The van der Waals surface area contributed by atoms with Crippen LogP contribution in [0.1, 0.15) is 16.1 Å². The lowest BCUT2D eigenvalue weighted by Gasteiger charge is -2.08. The van der Waals surface area contributed by atoms with Crippen molar-refractivity contribution in [3.8, 4) is 11.5 Å². The standard InChI is InChI=1S/C19H14F2N4O3/c20-13-3-2-12(6-14(13)21)25-19(26)15-7-18(24-9-23-15)22-8-11-1-4-16-17(5-11)28-10-27-16/h1-7,9H,8,10H2,(H,25,26)(H,22,23,24). The van der Waals surface area contributed by atoms with Crippen LogP contribution in [0, 0.1) is 11.6 Å². The van der Waals surface area contributed by atoms with E-state index in [2.05, 4.69) is 20.6 Å². The van der Waals surface area contributed by atoms with Crippen molar-refractivity contribution in [1.82, 2.24) is 9.97 Å². The van der Waals surface area contributed by atoms with Crippen LogP contribution in [-0.4, -0.2) is 22.7 Å². The van der Waals surface area contributed by atoms with Gasteiger partial charge in [-0.2, -0.15) is 0 Å². The summed E-state index contributed by atoms with van der Waals surface area (Å²) >= 11 is 0. The predicted octanol–water partition coefficient (Wildman–Crippen LogP) is 3.35. The molecule has 4 rings (SSSR count). The Hall–Kier alpha value is -3.75. The third-order valence-corrected chi connectivity index (χ3v) is 3.99. The van der Waals surface area contributed by atoms with E-state index in [9.17, 15) is 13.6 Å². The summed E-state index contributed by atoms with van der Waals surface area (Å²) in [6, 6.07) is 10.1. The number of carbonyl (C=O) groups excluding carboxylic acids is 1. The predicted molar refractivity (Wildman–Crippen MR) is 96.2 cm³/mol. The van der Waals surface area contributed by atoms with Crippen molar-refractivity contribution < 1.29 is 23.0 Å². The second-order valence-corrected chi connectivity index (χ2v) is 5.91. The Morgan fingerprint density at radius 2 is 1.86 bits per heavy atom. The molecule has 1 aliphatic heterocycles. The molecule has 0 saturated carbocycles. The molecule has 2 aromatic carbocycles. The molecule has 0 aliphatic carbocycles. The van der Waals surface area contributed by atoms with Gasteiger partial charge in [-0.05, 0) is 29.8 Å². The SMILES string of the molecule is O=C(Nc1ccc(F)c(F)c1)c1cc(NCc2ccc3c(c2)OCO3)ncn1. The van der Waals surface area contributed by atoms with Gasteiger partial charge in [0.1, 0.15) is 17.8 Å². The molecule has 3 aromatic rings. The number of nitrogens with zero attached hydrogens (tertiary/aromatic N) is 2. The molecule has 1 aromatic heterocycles. The minimum Gasteiger partial charge on any atom is -0.454 e. The van der Waals surface area contributed by atoms with Crippen molar-refractivity contribution in [2.75, 3.05) is 17.4 Å². The van der Waals surface area contributed by atoms with Crippen LogP contribution in [0.15, 0.2) is 48.8 Å². The first-order chi connectivity index (χ1) is 13.6. The number of rotatable bonds is 5. The Kier molecular flexibility index (Phi) is 4.71. The molecule has 0 fully saturated rings.